The van der Waals surface area contributed by atoms with Gasteiger partial charge >= 0.3 is 0 Å². The molecule has 34 heavy (non-hydrogen) atoms. The molecule has 2 aromatic heterocycles. The highest BCUT2D eigenvalue weighted by atomic mass is 19.1. The maximum atomic E-state index is 15.0. The summed E-state index contributed by atoms with van der Waals surface area (Å²) in [6.45, 7) is 6.51. The largest absolute Gasteiger partial charge is 0.490 e. The van der Waals surface area contributed by atoms with E-state index >= 15 is 0 Å². The minimum atomic E-state index is -1.55. The lowest BCUT2D eigenvalue weighted by atomic mass is 9.99. The Bertz CT molecular complexity index is 1160. The van der Waals surface area contributed by atoms with Crippen LogP contribution in [0.4, 0.5) is 10.2 Å². The number of pyridine rings is 1. The van der Waals surface area contributed by atoms with Gasteiger partial charge in [-0.25, -0.2) is 9.37 Å². The van der Waals surface area contributed by atoms with Gasteiger partial charge in [-0.1, -0.05) is 12.1 Å². The average Bonchev–Trinajstić information content (AvgIpc) is 3.44. The van der Waals surface area contributed by atoms with E-state index in [0.717, 1.165) is 12.8 Å². The molecule has 2 saturated heterocycles. The maximum absolute atomic E-state index is 15.0. The van der Waals surface area contributed by atoms with Crippen LogP contribution in [0, 0.1) is 0 Å². The predicted octanol–water partition coefficient (Wildman–Crippen LogP) is 3.76. The second kappa shape index (κ2) is 8.70. The van der Waals surface area contributed by atoms with Gasteiger partial charge in [-0.3, -0.25) is 4.79 Å². The number of carbonyl (C=O) groups excluding carboxylic acids is 1. The van der Waals surface area contributed by atoms with Crippen molar-refractivity contribution in [3.63, 3.8) is 0 Å². The van der Waals surface area contributed by atoms with Crippen LogP contribution in [0.2, 0.25) is 0 Å². The highest BCUT2D eigenvalue weighted by Crippen LogP contribution is 2.43. The molecule has 0 aliphatic carbocycles. The molecule has 2 atom stereocenters. The lowest BCUT2D eigenvalue weighted by molar-refractivity contribution is 0.0717. The third-order valence-corrected chi connectivity index (χ3v) is 6.60. The summed E-state index contributed by atoms with van der Waals surface area (Å²) in [6, 6.07) is 9.25. The van der Waals surface area contributed by atoms with Crippen LogP contribution in [0.5, 0.6) is 5.75 Å². The number of aromatic nitrogens is 4. The summed E-state index contributed by atoms with van der Waals surface area (Å²) in [4.78, 5) is 23.8. The van der Waals surface area contributed by atoms with Gasteiger partial charge < -0.3 is 14.5 Å². The molecule has 2 aliphatic rings. The first-order valence-electron chi connectivity index (χ1n) is 11.7. The predicted molar refractivity (Wildman–Crippen MR) is 126 cm³/mol. The Morgan fingerprint density at radius 1 is 1.09 bits per heavy atom. The van der Waals surface area contributed by atoms with Crippen molar-refractivity contribution in [3.05, 3.63) is 60.0 Å². The molecule has 2 fully saturated rings. The third-order valence-electron chi connectivity index (χ3n) is 6.60. The minimum absolute atomic E-state index is 0.0407. The SMILES string of the molecule is CCOc1c(C(C)(C)F)ccnc1N1C2CCC1CN(C(=O)c1ccccc1-n1nccn1)C2. The molecule has 2 unspecified atom stereocenters. The van der Waals surface area contributed by atoms with Crippen molar-refractivity contribution in [1.82, 2.24) is 24.9 Å². The van der Waals surface area contributed by atoms with Crippen LogP contribution in [0.15, 0.2) is 48.9 Å². The highest BCUT2D eigenvalue weighted by Gasteiger charge is 2.44. The molecule has 0 saturated carbocycles. The Balaban J connectivity index is 1.44. The summed E-state index contributed by atoms with van der Waals surface area (Å²) in [5.41, 5.74) is 0.174. The smallest absolute Gasteiger partial charge is 0.256 e. The molecular formula is C25H29FN6O2. The number of para-hydroxylation sites is 1. The van der Waals surface area contributed by atoms with Crippen LogP contribution in [0.25, 0.3) is 5.69 Å². The number of alkyl halides is 1. The highest BCUT2D eigenvalue weighted by molar-refractivity contribution is 5.98. The first kappa shape index (κ1) is 22.3. The molecule has 5 rings (SSSR count). The number of halogens is 1. The van der Waals surface area contributed by atoms with Gasteiger partial charge in [0.2, 0.25) is 0 Å². The molecule has 4 heterocycles. The molecule has 0 spiro atoms. The molecule has 2 bridgehead atoms. The fourth-order valence-electron chi connectivity index (χ4n) is 5.13. The number of rotatable bonds is 6. The van der Waals surface area contributed by atoms with E-state index in [1.54, 1.807) is 24.7 Å². The Morgan fingerprint density at radius 2 is 1.76 bits per heavy atom. The first-order chi connectivity index (χ1) is 16.4. The summed E-state index contributed by atoms with van der Waals surface area (Å²) in [6.07, 6.45) is 6.71. The van der Waals surface area contributed by atoms with Crippen molar-refractivity contribution in [2.45, 2.75) is 51.4 Å². The number of ether oxygens (including phenoxy) is 1. The van der Waals surface area contributed by atoms with E-state index in [2.05, 4.69) is 20.1 Å². The molecule has 1 amide bonds. The first-order valence-corrected chi connectivity index (χ1v) is 11.7. The number of hydrogen-bond acceptors (Lipinski definition) is 6. The number of amides is 1. The minimum Gasteiger partial charge on any atom is -0.490 e. The van der Waals surface area contributed by atoms with Gasteiger partial charge in [0.15, 0.2) is 11.6 Å². The number of benzene rings is 1. The summed E-state index contributed by atoms with van der Waals surface area (Å²) >= 11 is 0. The molecular weight excluding hydrogens is 435 g/mol. The summed E-state index contributed by atoms with van der Waals surface area (Å²) in [7, 11) is 0. The topological polar surface area (TPSA) is 76.4 Å². The van der Waals surface area contributed by atoms with E-state index < -0.39 is 5.67 Å². The fraction of sp³-hybridized carbons (Fsp3) is 0.440. The van der Waals surface area contributed by atoms with Gasteiger partial charge in [0, 0.05) is 36.9 Å². The van der Waals surface area contributed by atoms with Gasteiger partial charge in [0.25, 0.3) is 5.91 Å². The van der Waals surface area contributed by atoms with Gasteiger partial charge in [-0.05, 0) is 51.8 Å². The van der Waals surface area contributed by atoms with Crippen molar-refractivity contribution in [2.24, 2.45) is 0 Å². The van der Waals surface area contributed by atoms with Crippen LogP contribution in [-0.2, 0) is 5.67 Å². The number of fused-ring (bicyclic) bond motifs is 2. The Morgan fingerprint density at radius 3 is 2.41 bits per heavy atom. The number of piperazine rings is 1. The van der Waals surface area contributed by atoms with Gasteiger partial charge in [-0.15, -0.1) is 0 Å². The molecule has 0 N–H and O–H groups in total. The molecule has 8 nitrogen and oxygen atoms in total. The van der Waals surface area contributed by atoms with Gasteiger partial charge in [0.1, 0.15) is 5.67 Å². The quantitative estimate of drug-likeness (QED) is 0.553. The average molecular weight is 465 g/mol. The van der Waals surface area contributed by atoms with Gasteiger partial charge in [0.05, 0.1) is 30.3 Å². The summed E-state index contributed by atoms with van der Waals surface area (Å²) in [5, 5.41) is 8.40. The van der Waals surface area contributed by atoms with Crippen molar-refractivity contribution >= 4 is 11.7 Å². The maximum Gasteiger partial charge on any atom is 0.256 e. The zero-order chi connectivity index (χ0) is 23.9. The standard InChI is InChI=1S/C25H29FN6O2/c1-4-34-22-20(25(2,3)26)11-12-27-23(22)31-17-9-10-18(31)16-30(15-17)24(33)19-7-5-6-8-21(19)32-28-13-14-29-32/h5-8,11-14,17-18H,4,9-10,15-16H2,1-3H3. The van der Waals surface area contributed by atoms with E-state index in [0.29, 0.717) is 48.1 Å². The second-order valence-corrected chi connectivity index (χ2v) is 9.25. The molecule has 9 heteroatoms. The molecule has 178 valence electrons. The van der Waals surface area contributed by atoms with Crippen LogP contribution in [-0.4, -0.2) is 62.6 Å². The molecule has 3 aromatic rings. The van der Waals surface area contributed by atoms with E-state index in [1.165, 1.54) is 18.6 Å². The van der Waals surface area contributed by atoms with Gasteiger partial charge in [-0.2, -0.15) is 15.0 Å². The monoisotopic (exact) mass is 464 g/mol. The summed E-state index contributed by atoms with van der Waals surface area (Å²) < 4.78 is 20.9. The number of likely N-dealkylation sites (tertiary alicyclic amines) is 1. The zero-order valence-corrected chi connectivity index (χ0v) is 19.7. The van der Waals surface area contributed by atoms with Crippen LogP contribution in [0.3, 0.4) is 0 Å². The van der Waals surface area contributed by atoms with E-state index in [9.17, 15) is 9.18 Å². The van der Waals surface area contributed by atoms with Crippen LogP contribution < -0.4 is 9.64 Å². The Kier molecular flexibility index (Phi) is 5.71. The third kappa shape index (κ3) is 3.89. The van der Waals surface area contributed by atoms with E-state index in [1.807, 2.05) is 36.1 Å². The normalized spacial score (nSPS) is 20.0. The van der Waals surface area contributed by atoms with E-state index in [4.69, 9.17) is 4.74 Å². The number of nitrogens with zero attached hydrogens (tertiary/aromatic N) is 6. The molecule has 1 aromatic carbocycles. The van der Waals surface area contributed by atoms with Crippen LogP contribution in [0.1, 0.15) is 49.5 Å². The second-order valence-electron chi connectivity index (χ2n) is 9.25. The lowest BCUT2D eigenvalue weighted by Crippen LogP contribution is -2.56. The number of anilines is 1. The van der Waals surface area contributed by atoms with Crippen molar-refractivity contribution < 1.29 is 13.9 Å². The fourth-order valence-corrected chi connectivity index (χ4v) is 5.13. The van der Waals surface area contributed by atoms with Crippen molar-refractivity contribution in [3.8, 4) is 11.4 Å². The van der Waals surface area contributed by atoms with E-state index in [-0.39, 0.29) is 18.0 Å². The Hall–Kier alpha value is -3.49. The van der Waals surface area contributed by atoms with Crippen molar-refractivity contribution in [2.75, 3.05) is 24.6 Å². The molecule has 0 radical (unpaired) electrons. The summed E-state index contributed by atoms with van der Waals surface area (Å²) in [5.74, 6) is 1.14. The number of hydrogen-bond donors (Lipinski definition) is 0. The lowest BCUT2D eigenvalue weighted by Gasteiger charge is -2.42. The van der Waals surface area contributed by atoms with Crippen LogP contribution >= 0.6 is 0 Å². The molecule has 2 aliphatic heterocycles. The number of carbonyl (C=O) groups is 1. The Labute approximate surface area is 198 Å². The zero-order valence-electron chi connectivity index (χ0n) is 19.7. The van der Waals surface area contributed by atoms with Crippen molar-refractivity contribution in [1.29, 1.82) is 0 Å².